The first kappa shape index (κ1) is 11.1. The summed E-state index contributed by atoms with van der Waals surface area (Å²) in [6.45, 7) is 2.08. The number of anilines is 2. The van der Waals surface area contributed by atoms with Crippen molar-refractivity contribution in [2.45, 2.75) is 19.4 Å². The van der Waals surface area contributed by atoms with E-state index in [0.29, 0.717) is 10.7 Å². The molecule has 0 aromatic heterocycles. The van der Waals surface area contributed by atoms with E-state index in [2.05, 4.69) is 5.32 Å². The van der Waals surface area contributed by atoms with Gasteiger partial charge in [-0.15, -0.1) is 0 Å². The number of hydrogen-bond donors (Lipinski definition) is 3. The normalized spacial score (nSPS) is 12.5. The summed E-state index contributed by atoms with van der Waals surface area (Å²) in [5, 5.41) is 12.8. The highest BCUT2D eigenvalue weighted by molar-refractivity contribution is 6.31. The molecule has 1 aromatic carbocycles. The number of nitrogen functional groups attached to an aromatic ring is 1. The number of halogens is 1. The molecule has 0 heterocycles. The molecular weight excluding hydrogens is 200 g/mol. The predicted octanol–water partition coefficient (Wildman–Crippen LogP) is 2.10. The van der Waals surface area contributed by atoms with Gasteiger partial charge in [-0.2, -0.15) is 0 Å². The van der Waals surface area contributed by atoms with Crippen molar-refractivity contribution in [1.29, 1.82) is 0 Å². The predicted molar refractivity (Wildman–Crippen MR) is 60.7 cm³/mol. The number of nitrogens with one attached hydrogen (secondary N) is 1. The SMILES string of the molecule is CCC(CO)Nc1cc(Cl)ccc1N. The monoisotopic (exact) mass is 214 g/mol. The van der Waals surface area contributed by atoms with Crippen LogP contribution in [0.5, 0.6) is 0 Å². The second-order valence-electron chi connectivity index (χ2n) is 3.16. The molecule has 0 aliphatic carbocycles. The number of nitrogens with two attached hydrogens (primary N) is 1. The molecule has 0 spiro atoms. The molecule has 14 heavy (non-hydrogen) atoms. The Hall–Kier alpha value is -0.930. The zero-order valence-corrected chi connectivity index (χ0v) is 8.88. The number of aliphatic hydroxyl groups is 1. The van der Waals surface area contributed by atoms with Gasteiger partial charge in [-0.3, -0.25) is 0 Å². The standard InChI is InChI=1S/C10H15ClN2O/c1-2-8(6-14)13-10-5-7(11)3-4-9(10)12/h3-5,8,13-14H,2,6,12H2,1H3. The Kier molecular flexibility index (Phi) is 4.04. The van der Waals surface area contributed by atoms with Crippen LogP contribution in [0.3, 0.4) is 0 Å². The number of rotatable bonds is 4. The van der Waals surface area contributed by atoms with Crippen LogP contribution >= 0.6 is 11.6 Å². The minimum atomic E-state index is 0.0239. The molecule has 3 nitrogen and oxygen atoms in total. The van der Waals surface area contributed by atoms with E-state index in [1.807, 2.05) is 6.92 Å². The third kappa shape index (κ3) is 2.79. The molecule has 0 bridgehead atoms. The van der Waals surface area contributed by atoms with Crippen molar-refractivity contribution in [3.63, 3.8) is 0 Å². The molecule has 0 radical (unpaired) electrons. The Labute approximate surface area is 88.9 Å². The molecule has 0 fully saturated rings. The molecule has 1 unspecified atom stereocenters. The number of hydrogen-bond acceptors (Lipinski definition) is 3. The average Bonchev–Trinajstić information content (AvgIpc) is 2.19. The minimum absolute atomic E-state index is 0.0239. The van der Waals surface area contributed by atoms with Gasteiger partial charge in [0, 0.05) is 11.1 Å². The summed E-state index contributed by atoms with van der Waals surface area (Å²) in [5.74, 6) is 0. The summed E-state index contributed by atoms with van der Waals surface area (Å²) >= 11 is 5.83. The van der Waals surface area contributed by atoms with Crippen LogP contribution in [0.4, 0.5) is 11.4 Å². The Morgan fingerprint density at radius 2 is 2.29 bits per heavy atom. The second kappa shape index (κ2) is 5.08. The van der Waals surface area contributed by atoms with Gasteiger partial charge in [0.1, 0.15) is 0 Å². The van der Waals surface area contributed by atoms with Crippen molar-refractivity contribution in [3.8, 4) is 0 Å². The Morgan fingerprint density at radius 1 is 1.57 bits per heavy atom. The molecule has 4 heteroatoms. The molecular formula is C10H15ClN2O. The molecule has 0 amide bonds. The third-order valence-corrected chi connectivity index (χ3v) is 2.32. The van der Waals surface area contributed by atoms with Crippen LogP contribution in [-0.2, 0) is 0 Å². The van der Waals surface area contributed by atoms with Crippen molar-refractivity contribution in [2.75, 3.05) is 17.7 Å². The smallest absolute Gasteiger partial charge is 0.0632 e. The summed E-state index contributed by atoms with van der Waals surface area (Å²) in [6.07, 6.45) is 0.836. The molecule has 1 atom stereocenters. The highest BCUT2D eigenvalue weighted by Gasteiger charge is 2.06. The van der Waals surface area contributed by atoms with Crippen LogP contribution in [-0.4, -0.2) is 17.8 Å². The van der Waals surface area contributed by atoms with Crippen molar-refractivity contribution in [1.82, 2.24) is 0 Å². The minimum Gasteiger partial charge on any atom is -0.397 e. The third-order valence-electron chi connectivity index (χ3n) is 2.09. The topological polar surface area (TPSA) is 58.3 Å². The Morgan fingerprint density at radius 3 is 2.86 bits per heavy atom. The van der Waals surface area contributed by atoms with Crippen LogP contribution in [0.15, 0.2) is 18.2 Å². The lowest BCUT2D eigenvalue weighted by atomic mass is 10.2. The fourth-order valence-corrected chi connectivity index (χ4v) is 1.32. The first-order chi connectivity index (χ1) is 6.67. The molecule has 1 rings (SSSR count). The summed E-state index contributed by atoms with van der Waals surface area (Å²) < 4.78 is 0. The second-order valence-corrected chi connectivity index (χ2v) is 3.60. The zero-order valence-electron chi connectivity index (χ0n) is 8.13. The van der Waals surface area contributed by atoms with E-state index in [0.717, 1.165) is 12.1 Å². The maximum atomic E-state index is 9.01. The summed E-state index contributed by atoms with van der Waals surface area (Å²) in [6, 6.07) is 5.27. The first-order valence-corrected chi connectivity index (χ1v) is 4.97. The maximum absolute atomic E-state index is 9.01. The molecule has 0 aliphatic rings. The zero-order chi connectivity index (χ0) is 10.6. The van der Waals surface area contributed by atoms with E-state index in [4.69, 9.17) is 22.4 Å². The van der Waals surface area contributed by atoms with Crippen LogP contribution < -0.4 is 11.1 Å². The van der Waals surface area contributed by atoms with E-state index in [9.17, 15) is 0 Å². The molecule has 78 valence electrons. The quantitative estimate of drug-likeness (QED) is 0.673. The van der Waals surface area contributed by atoms with Crippen molar-refractivity contribution in [2.24, 2.45) is 0 Å². The van der Waals surface area contributed by atoms with Crippen LogP contribution in [0.25, 0.3) is 0 Å². The van der Waals surface area contributed by atoms with Crippen molar-refractivity contribution < 1.29 is 5.11 Å². The highest BCUT2D eigenvalue weighted by Crippen LogP contribution is 2.23. The summed E-state index contributed by atoms with van der Waals surface area (Å²) in [4.78, 5) is 0. The lowest BCUT2D eigenvalue weighted by Gasteiger charge is -2.17. The van der Waals surface area contributed by atoms with Gasteiger partial charge in [-0.1, -0.05) is 18.5 Å². The molecule has 1 aromatic rings. The van der Waals surface area contributed by atoms with Gasteiger partial charge in [0.05, 0.1) is 18.0 Å². The fraction of sp³-hybridized carbons (Fsp3) is 0.400. The van der Waals surface area contributed by atoms with Gasteiger partial charge in [-0.05, 0) is 24.6 Å². The van der Waals surface area contributed by atoms with E-state index in [1.54, 1.807) is 18.2 Å². The van der Waals surface area contributed by atoms with Gasteiger partial charge < -0.3 is 16.2 Å². The lowest BCUT2D eigenvalue weighted by molar-refractivity contribution is 0.272. The van der Waals surface area contributed by atoms with Gasteiger partial charge in [0.15, 0.2) is 0 Å². The number of aliphatic hydroxyl groups excluding tert-OH is 1. The molecule has 0 saturated carbocycles. The van der Waals surface area contributed by atoms with Gasteiger partial charge in [0.25, 0.3) is 0 Å². The van der Waals surface area contributed by atoms with Crippen LogP contribution in [0.1, 0.15) is 13.3 Å². The lowest BCUT2D eigenvalue weighted by Crippen LogP contribution is -2.23. The Bertz CT molecular complexity index is 300. The van der Waals surface area contributed by atoms with E-state index in [-0.39, 0.29) is 12.6 Å². The van der Waals surface area contributed by atoms with Gasteiger partial charge in [-0.25, -0.2) is 0 Å². The van der Waals surface area contributed by atoms with E-state index in [1.165, 1.54) is 0 Å². The Balaban J connectivity index is 2.79. The molecule has 0 saturated heterocycles. The first-order valence-electron chi connectivity index (χ1n) is 4.59. The van der Waals surface area contributed by atoms with Crippen molar-refractivity contribution in [3.05, 3.63) is 23.2 Å². The largest absolute Gasteiger partial charge is 0.397 e. The molecule has 0 aliphatic heterocycles. The number of benzene rings is 1. The van der Waals surface area contributed by atoms with Crippen molar-refractivity contribution >= 4 is 23.0 Å². The van der Waals surface area contributed by atoms with Crippen LogP contribution in [0, 0.1) is 0 Å². The summed E-state index contributed by atoms with van der Waals surface area (Å²) in [5.41, 5.74) is 7.16. The highest BCUT2D eigenvalue weighted by atomic mass is 35.5. The van der Waals surface area contributed by atoms with Gasteiger partial charge >= 0.3 is 0 Å². The van der Waals surface area contributed by atoms with E-state index < -0.39 is 0 Å². The van der Waals surface area contributed by atoms with Gasteiger partial charge in [0.2, 0.25) is 0 Å². The molecule has 4 N–H and O–H groups in total. The average molecular weight is 215 g/mol. The fourth-order valence-electron chi connectivity index (χ4n) is 1.15. The van der Waals surface area contributed by atoms with Crippen LogP contribution in [0.2, 0.25) is 5.02 Å². The maximum Gasteiger partial charge on any atom is 0.0632 e. The summed E-state index contributed by atoms with van der Waals surface area (Å²) in [7, 11) is 0. The van der Waals surface area contributed by atoms with E-state index >= 15 is 0 Å².